The van der Waals surface area contributed by atoms with Gasteiger partial charge in [-0.1, -0.05) is 12.1 Å². The lowest BCUT2D eigenvalue weighted by molar-refractivity contribution is -0.159. The Morgan fingerprint density at radius 2 is 1.77 bits per heavy atom. The van der Waals surface area contributed by atoms with Crippen LogP contribution in [0, 0.1) is 11.7 Å². The van der Waals surface area contributed by atoms with Gasteiger partial charge in [-0.3, -0.25) is 9.59 Å². The molecule has 1 saturated carbocycles. The highest BCUT2D eigenvalue weighted by Crippen LogP contribution is 2.48. The molecule has 1 aromatic carbocycles. The van der Waals surface area contributed by atoms with Gasteiger partial charge in [0.2, 0.25) is 5.91 Å². The van der Waals surface area contributed by atoms with Gasteiger partial charge in [0, 0.05) is 19.0 Å². The summed E-state index contributed by atoms with van der Waals surface area (Å²) in [5.74, 6) is -0.765. The van der Waals surface area contributed by atoms with Crippen molar-refractivity contribution in [3.05, 3.63) is 35.6 Å². The molecule has 26 heavy (non-hydrogen) atoms. The normalized spacial score (nSPS) is 19.3. The summed E-state index contributed by atoms with van der Waals surface area (Å²) in [6.07, 6.45) is 0.733. The number of hydrogen-bond acceptors (Lipinski definition) is 4. The molecule has 0 N–H and O–H groups in total. The lowest BCUT2D eigenvalue weighted by atomic mass is 10.1. The maximum absolute atomic E-state index is 13.1. The van der Waals surface area contributed by atoms with E-state index in [0.717, 1.165) is 12.0 Å². The number of rotatable bonds is 7. The van der Waals surface area contributed by atoms with Crippen LogP contribution >= 0.6 is 0 Å². The number of amides is 1. The number of benzene rings is 1. The number of carbonyl (C=O) groups is 2. The molecule has 0 heterocycles. The molecule has 5 nitrogen and oxygen atoms in total. The Kier molecular flexibility index (Phi) is 6.39. The van der Waals surface area contributed by atoms with Gasteiger partial charge in [-0.25, -0.2) is 4.39 Å². The number of halogens is 1. The molecular weight excluding hydrogens is 335 g/mol. The van der Waals surface area contributed by atoms with Crippen LogP contribution in [0.3, 0.4) is 0 Å². The number of carbonyl (C=O) groups excluding carboxylic acids is 2. The molecule has 0 aliphatic heterocycles. The minimum atomic E-state index is -0.580. The first-order chi connectivity index (χ1) is 12.1. The number of nitrogens with zero attached hydrogens (tertiary/aromatic N) is 2. The SMILES string of the molecule is CN(C)CCN(CC(=O)OC(C)(C)C)C(=O)C1CC1c1ccc(F)cc1. The molecule has 1 aliphatic rings. The minimum Gasteiger partial charge on any atom is -0.459 e. The molecule has 2 atom stereocenters. The quantitative estimate of drug-likeness (QED) is 0.698. The van der Waals surface area contributed by atoms with Gasteiger partial charge in [0.05, 0.1) is 0 Å². The first-order valence-electron chi connectivity index (χ1n) is 8.97. The first-order valence-corrected chi connectivity index (χ1v) is 8.97. The largest absolute Gasteiger partial charge is 0.459 e. The van der Waals surface area contributed by atoms with E-state index in [9.17, 15) is 14.0 Å². The fourth-order valence-electron chi connectivity index (χ4n) is 2.90. The Bertz CT molecular complexity index is 637. The second-order valence-electron chi connectivity index (χ2n) is 8.15. The maximum atomic E-state index is 13.1. The Labute approximate surface area is 155 Å². The van der Waals surface area contributed by atoms with E-state index in [1.165, 1.54) is 12.1 Å². The molecule has 144 valence electrons. The van der Waals surface area contributed by atoms with Gasteiger partial charge in [0.25, 0.3) is 0 Å². The van der Waals surface area contributed by atoms with Crippen molar-refractivity contribution >= 4 is 11.9 Å². The topological polar surface area (TPSA) is 49.9 Å². The van der Waals surface area contributed by atoms with Crippen molar-refractivity contribution in [3.8, 4) is 0 Å². The van der Waals surface area contributed by atoms with E-state index in [1.807, 2.05) is 39.8 Å². The fraction of sp³-hybridized carbons (Fsp3) is 0.600. The summed E-state index contributed by atoms with van der Waals surface area (Å²) in [5.41, 5.74) is 0.387. The van der Waals surface area contributed by atoms with Crippen molar-refractivity contribution < 1.29 is 18.7 Å². The average Bonchev–Trinajstić information content (AvgIpc) is 3.30. The number of likely N-dealkylation sites (N-methyl/N-ethyl adjacent to an activating group) is 1. The van der Waals surface area contributed by atoms with E-state index in [0.29, 0.717) is 13.1 Å². The Morgan fingerprint density at radius 1 is 1.15 bits per heavy atom. The van der Waals surface area contributed by atoms with Crippen molar-refractivity contribution in [2.24, 2.45) is 5.92 Å². The van der Waals surface area contributed by atoms with Crippen LogP contribution in [0.1, 0.15) is 38.7 Å². The molecule has 0 aromatic heterocycles. The summed E-state index contributed by atoms with van der Waals surface area (Å²) < 4.78 is 18.4. The average molecular weight is 364 g/mol. The van der Waals surface area contributed by atoms with Gasteiger partial charge in [0.1, 0.15) is 18.0 Å². The Morgan fingerprint density at radius 3 is 2.31 bits per heavy atom. The molecule has 1 aliphatic carbocycles. The predicted octanol–water partition coefficient (Wildman–Crippen LogP) is 2.66. The minimum absolute atomic E-state index is 0.0352. The van der Waals surface area contributed by atoms with E-state index < -0.39 is 11.6 Å². The van der Waals surface area contributed by atoms with Crippen LogP contribution in [-0.2, 0) is 14.3 Å². The molecule has 0 saturated heterocycles. The van der Waals surface area contributed by atoms with Crippen LogP contribution in [0.2, 0.25) is 0 Å². The van der Waals surface area contributed by atoms with E-state index in [-0.39, 0.29) is 30.1 Å². The zero-order valence-electron chi connectivity index (χ0n) is 16.3. The summed E-state index contributed by atoms with van der Waals surface area (Å²) in [5, 5.41) is 0. The fourth-order valence-corrected chi connectivity index (χ4v) is 2.90. The van der Waals surface area contributed by atoms with Crippen molar-refractivity contribution in [1.29, 1.82) is 0 Å². The lowest BCUT2D eigenvalue weighted by Gasteiger charge is -2.26. The van der Waals surface area contributed by atoms with Crippen LogP contribution in [-0.4, -0.2) is 61.0 Å². The highest BCUT2D eigenvalue weighted by molar-refractivity contribution is 5.86. The highest BCUT2D eigenvalue weighted by atomic mass is 19.1. The molecule has 0 radical (unpaired) electrons. The van der Waals surface area contributed by atoms with Gasteiger partial charge in [-0.15, -0.1) is 0 Å². The third-order valence-corrected chi connectivity index (χ3v) is 4.27. The van der Waals surface area contributed by atoms with Crippen LogP contribution in [0.15, 0.2) is 24.3 Å². The smallest absolute Gasteiger partial charge is 0.326 e. The summed E-state index contributed by atoms with van der Waals surface area (Å²) in [6, 6.07) is 6.29. The van der Waals surface area contributed by atoms with Crippen LogP contribution in [0.25, 0.3) is 0 Å². The summed E-state index contributed by atoms with van der Waals surface area (Å²) in [6.45, 7) is 6.52. The van der Waals surface area contributed by atoms with E-state index in [1.54, 1.807) is 17.0 Å². The molecule has 0 spiro atoms. The van der Waals surface area contributed by atoms with Crippen LogP contribution in [0.5, 0.6) is 0 Å². The molecular formula is C20H29FN2O3. The summed E-state index contributed by atoms with van der Waals surface area (Å²) in [7, 11) is 3.85. The number of ether oxygens (including phenoxy) is 1. The van der Waals surface area contributed by atoms with Gasteiger partial charge in [-0.2, -0.15) is 0 Å². The summed E-state index contributed by atoms with van der Waals surface area (Å²) in [4.78, 5) is 28.6. The van der Waals surface area contributed by atoms with Crippen LogP contribution < -0.4 is 0 Å². The zero-order chi connectivity index (χ0) is 19.5. The lowest BCUT2D eigenvalue weighted by Crippen LogP contribution is -2.42. The molecule has 1 aromatic rings. The van der Waals surface area contributed by atoms with E-state index in [4.69, 9.17) is 4.74 Å². The van der Waals surface area contributed by atoms with Gasteiger partial charge in [0.15, 0.2) is 0 Å². The molecule has 1 amide bonds. The zero-order valence-corrected chi connectivity index (χ0v) is 16.3. The van der Waals surface area contributed by atoms with Gasteiger partial charge >= 0.3 is 5.97 Å². The number of esters is 1. The Hall–Kier alpha value is -1.95. The summed E-state index contributed by atoms with van der Waals surface area (Å²) >= 11 is 0. The maximum Gasteiger partial charge on any atom is 0.326 e. The molecule has 0 bridgehead atoms. The molecule has 6 heteroatoms. The first kappa shape index (κ1) is 20.4. The van der Waals surface area contributed by atoms with Crippen molar-refractivity contribution in [1.82, 2.24) is 9.80 Å². The Balaban J connectivity index is 2.01. The standard InChI is InChI=1S/C20H29FN2O3/c1-20(2,3)26-18(24)13-23(11-10-22(4)5)19(25)17-12-16(17)14-6-8-15(21)9-7-14/h6-9,16-17H,10-13H2,1-5H3. The number of hydrogen-bond donors (Lipinski definition) is 0. The second kappa shape index (κ2) is 8.16. The monoisotopic (exact) mass is 364 g/mol. The van der Waals surface area contributed by atoms with Crippen molar-refractivity contribution in [3.63, 3.8) is 0 Å². The third-order valence-electron chi connectivity index (χ3n) is 4.27. The van der Waals surface area contributed by atoms with Gasteiger partial charge < -0.3 is 14.5 Å². The van der Waals surface area contributed by atoms with Gasteiger partial charge in [-0.05, 0) is 64.9 Å². The molecule has 1 fully saturated rings. The molecule has 2 unspecified atom stereocenters. The highest BCUT2D eigenvalue weighted by Gasteiger charge is 2.46. The molecule has 2 rings (SSSR count). The predicted molar refractivity (Wildman–Crippen MR) is 98.2 cm³/mol. The van der Waals surface area contributed by atoms with Crippen LogP contribution in [0.4, 0.5) is 4.39 Å². The van der Waals surface area contributed by atoms with Crippen molar-refractivity contribution in [2.45, 2.75) is 38.7 Å². The van der Waals surface area contributed by atoms with Crippen molar-refractivity contribution in [2.75, 3.05) is 33.7 Å². The second-order valence-corrected chi connectivity index (χ2v) is 8.15. The van der Waals surface area contributed by atoms with E-state index >= 15 is 0 Å². The van der Waals surface area contributed by atoms with E-state index in [2.05, 4.69) is 0 Å². The third kappa shape index (κ3) is 6.09.